The Morgan fingerprint density at radius 1 is 1.29 bits per heavy atom. The van der Waals surface area contributed by atoms with Crippen LogP contribution in [0.4, 0.5) is 0 Å². The van der Waals surface area contributed by atoms with Crippen LogP contribution in [0.15, 0.2) is 0 Å². The van der Waals surface area contributed by atoms with E-state index in [-0.39, 0.29) is 17.9 Å². The molecular formula is C11H26N2O. The number of nitrogens with one attached hydrogen (secondary N) is 1. The summed E-state index contributed by atoms with van der Waals surface area (Å²) in [7, 11) is 0. The van der Waals surface area contributed by atoms with Crippen molar-refractivity contribution in [2.75, 3.05) is 13.2 Å². The first kappa shape index (κ1) is 13.9. The van der Waals surface area contributed by atoms with Crippen LogP contribution in [0.25, 0.3) is 0 Å². The Balaban J connectivity index is 4.19. The molecule has 0 aliphatic heterocycles. The molecule has 4 N–H and O–H groups in total. The lowest BCUT2D eigenvalue weighted by atomic mass is 9.85. The van der Waals surface area contributed by atoms with E-state index in [1.165, 1.54) is 0 Å². The van der Waals surface area contributed by atoms with Crippen LogP contribution in [0.1, 0.15) is 34.6 Å². The van der Waals surface area contributed by atoms with Gasteiger partial charge in [-0.25, -0.2) is 0 Å². The first-order valence-corrected chi connectivity index (χ1v) is 5.40. The van der Waals surface area contributed by atoms with Gasteiger partial charge in [0.2, 0.25) is 0 Å². The largest absolute Gasteiger partial charge is 0.396 e. The van der Waals surface area contributed by atoms with Crippen molar-refractivity contribution in [2.45, 2.75) is 46.7 Å². The van der Waals surface area contributed by atoms with E-state index in [0.29, 0.717) is 18.6 Å². The zero-order valence-corrected chi connectivity index (χ0v) is 10.2. The predicted octanol–water partition coefficient (Wildman–Crippen LogP) is 0.966. The second-order valence-electron chi connectivity index (χ2n) is 5.27. The molecule has 0 aliphatic carbocycles. The van der Waals surface area contributed by atoms with Gasteiger partial charge in [0.05, 0.1) is 0 Å². The van der Waals surface area contributed by atoms with Crippen molar-refractivity contribution in [3.8, 4) is 0 Å². The second-order valence-corrected chi connectivity index (χ2v) is 5.27. The molecule has 0 aliphatic rings. The summed E-state index contributed by atoms with van der Waals surface area (Å²) >= 11 is 0. The van der Waals surface area contributed by atoms with E-state index in [9.17, 15) is 0 Å². The minimum Gasteiger partial charge on any atom is -0.396 e. The highest BCUT2D eigenvalue weighted by molar-refractivity contribution is 4.84. The van der Waals surface area contributed by atoms with E-state index in [2.05, 4.69) is 33.0 Å². The smallest absolute Gasteiger partial charge is 0.0471 e. The molecule has 14 heavy (non-hydrogen) atoms. The Morgan fingerprint density at radius 3 is 2.07 bits per heavy atom. The number of rotatable bonds is 5. The van der Waals surface area contributed by atoms with E-state index in [1.807, 2.05) is 6.92 Å². The van der Waals surface area contributed by atoms with E-state index in [1.54, 1.807) is 0 Å². The fraction of sp³-hybridized carbons (Fsp3) is 1.00. The molecule has 0 bridgehead atoms. The van der Waals surface area contributed by atoms with E-state index in [4.69, 9.17) is 10.8 Å². The third-order valence-electron chi connectivity index (χ3n) is 2.89. The van der Waals surface area contributed by atoms with Crippen molar-refractivity contribution >= 4 is 0 Å². The van der Waals surface area contributed by atoms with Crippen molar-refractivity contribution in [1.29, 1.82) is 0 Å². The monoisotopic (exact) mass is 202 g/mol. The molecular weight excluding hydrogens is 176 g/mol. The molecule has 0 saturated heterocycles. The number of aliphatic hydroxyl groups is 1. The van der Waals surface area contributed by atoms with Gasteiger partial charge in [0, 0.05) is 25.2 Å². The minimum atomic E-state index is 0.165. The van der Waals surface area contributed by atoms with Crippen LogP contribution in [-0.4, -0.2) is 30.3 Å². The fourth-order valence-electron chi connectivity index (χ4n) is 1.31. The van der Waals surface area contributed by atoms with Gasteiger partial charge < -0.3 is 16.2 Å². The van der Waals surface area contributed by atoms with Gasteiger partial charge in [0.15, 0.2) is 0 Å². The zero-order valence-electron chi connectivity index (χ0n) is 10.2. The van der Waals surface area contributed by atoms with Gasteiger partial charge in [-0.2, -0.15) is 0 Å². The summed E-state index contributed by atoms with van der Waals surface area (Å²) in [5.41, 5.74) is 5.89. The van der Waals surface area contributed by atoms with Gasteiger partial charge in [-0.15, -0.1) is 0 Å². The number of hydrogen-bond donors (Lipinski definition) is 3. The summed E-state index contributed by atoms with van der Waals surface area (Å²) in [5.74, 6) is 0.270. The molecule has 0 aromatic heterocycles. The molecule has 86 valence electrons. The molecule has 3 nitrogen and oxygen atoms in total. The molecule has 0 rings (SSSR count). The lowest BCUT2D eigenvalue weighted by molar-refractivity contribution is 0.177. The van der Waals surface area contributed by atoms with Crippen molar-refractivity contribution in [3.05, 3.63) is 0 Å². The Bertz CT molecular complexity index is 154. The Labute approximate surface area is 88.1 Å². The first-order valence-electron chi connectivity index (χ1n) is 5.40. The SMILES string of the molecule is CC(CO)C(C)NC(CN)C(C)(C)C. The van der Waals surface area contributed by atoms with Gasteiger partial charge in [-0.3, -0.25) is 0 Å². The van der Waals surface area contributed by atoms with Gasteiger partial charge in [0.1, 0.15) is 0 Å². The van der Waals surface area contributed by atoms with Gasteiger partial charge in [0.25, 0.3) is 0 Å². The summed E-state index contributed by atoms with van der Waals surface area (Å²) in [6, 6.07) is 0.597. The first-order chi connectivity index (χ1) is 6.32. The Morgan fingerprint density at radius 2 is 1.79 bits per heavy atom. The second kappa shape index (κ2) is 5.69. The standard InChI is InChI=1S/C11H26N2O/c1-8(7-14)9(2)13-10(6-12)11(3,4)5/h8-10,13-14H,6-7,12H2,1-5H3. The maximum absolute atomic E-state index is 9.02. The van der Waals surface area contributed by atoms with Crippen molar-refractivity contribution in [3.63, 3.8) is 0 Å². The predicted molar refractivity (Wildman–Crippen MR) is 61.1 cm³/mol. The summed E-state index contributed by atoms with van der Waals surface area (Å²) in [6.45, 7) is 11.5. The minimum absolute atomic E-state index is 0.165. The third kappa shape index (κ3) is 4.40. The fourth-order valence-corrected chi connectivity index (χ4v) is 1.31. The van der Waals surface area contributed by atoms with Crippen LogP contribution < -0.4 is 11.1 Å². The molecule has 0 spiro atoms. The lowest BCUT2D eigenvalue weighted by Crippen LogP contribution is -2.51. The van der Waals surface area contributed by atoms with Crippen molar-refractivity contribution < 1.29 is 5.11 Å². The van der Waals surface area contributed by atoms with Crippen molar-refractivity contribution in [1.82, 2.24) is 5.32 Å². The van der Waals surface area contributed by atoms with Gasteiger partial charge in [-0.05, 0) is 18.3 Å². The van der Waals surface area contributed by atoms with Crippen LogP contribution in [0.5, 0.6) is 0 Å². The summed E-state index contributed by atoms with van der Waals surface area (Å²) in [6.07, 6.45) is 0. The van der Waals surface area contributed by atoms with E-state index < -0.39 is 0 Å². The Kier molecular flexibility index (Phi) is 5.64. The normalized spacial score (nSPS) is 19.1. The molecule has 0 aromatic carbocycles. The molecule has 3 unspecified atom stereocenters. The van der Waals surface area contributed by atoms with Gasteiger partial charge >= 0.3 is 0 Å². The van der Waals surface area contributed by atoms with E-state index >= 15 is 0 Å². The lowest BCUT2D eigenvalue weighted by Gasteiger charge is -2.34. The van der Waals surface area contributed by atoms with Crippen LogP contribution in [0.2, 0.25) is 0 Å². The number of nitrogens with two attached hydrogens (primary N) is 1. The summed E-state index contributed by atoms with van der Waals surface area (Å²) in [4.78, 5) is 0. The van der Waals surface area contributed by atoms with Crippen LogP contribution in [0, 0.1) is 11.3 Å². The van der Waals surface area contributed by atoms with Crippen LogP contribution in [0.3, 0.4) is 0 Å². The van der Waals surface area contributed by atoms with E-state index in [0.717, 1.165) is 0 Å². The zero-order chi connectivity index (χ0) is 11.4. The topological polar surface area (TPSA) is 58.3 Å². The van der Waals surface area contributed by atoms with Crippen LogP contribution in [-0.2, 0) is 0 Å². The molecule has 3 heteroatoms. The number of aliphatic hydroxyl groups excluding tert-OH is 1. The van der Waals surface area contributed by atoms with Gasteiger partial charge in [-0.1, -0.05) is 27.7 Å². The highest BCUT2D eigenvalue weighted by Crippen LogP contribution is 2.19. The maximum Gasteiger partial charge on any atom is 0.0471 e. The molecule has 0 fully saturated rings. The average Bonchev–Trinajstić information content (AvgIpc) is 2.10. The molecule has 0 aromatic rings. The highest BCUT2D eigenvalue weighted by atomic mass is 16.3. The maximum atomic E-state index is 9.02. The average molecular weight is 202 g/mol. The molecule has 0 amide bonds. The van der Waals surface area contributed by atoms with Crippen molar-refractivity contribution in [2.24, 2.45) is 17.1 Å². The van der Waals surface area contributed by atoms with Crippen LogP contribution >= 0.6 is 0 Å². The summed E-state index contributed by atoms with van der Waals surface area (Å²) in [5, 5.41) is 12.5. The Hall–Kier alpha value is -0.120. The molecule has 3 atom stereocenters. The molecule has 0 saturated carbocycles. The molecule has 0 radical (unpaired) electrons. The highest BCUT2D eigenvalue weighted by Gasteiger charge is 2.25. The third-order valence-corrected chi connectivity index (χ3v) is 2.89. The quantitative estimate of drug-likeness (QED) is 0.622. The summed E-state index contributed by atoms with van der Waals surface area (Å²) < 4.78 is 0. The number of hydrogen-bond acceptors (Lipinski definition) is 3. The molecule has 0 heterocycles.